The molecule has 0 spiro atoms. The van der Waals surface area contributed by atoms with Crippen molar-refractivity contribution < 1.29 is 9.84 Å². The number of halogens is 1. The number of H-pyrrole nitrogens is 1. The fraction of sp³-hybridized carbons (Fsp3) is 0.500. The van der Waals surface area contributed by atoms with Crippen LogP contribution in [0.3, 0.4) is 0 Å². The van der Waals surface area contributed by atoms with E-state index in [9.17, 15) is 5.11 Å². The number of aromatic nitrogens is 2. The number of hydrogen-bond donors (Lipinski definition) is 3. The molecule has 1 aromatic carbocycles. The largest absolute Gasteiger partial charge is 0.496 e. The van der Waals surface area contributed by atoms with Crippen LogP contribution in [0.15, 0.2) is 12.1 Å². The van der Waals surface area contributed by atoms with Crippen molar-refractivity contribution in [2.75, 3.05) is 7.11 Å². The second-order valence-electron chi connectivity index (χ2n) is 6.75. The van der Waals surface area contributed by atoms with Gasteiger partial charge in [-0.3, -0.25) is 5.10 Å². The van der Waals surface area contributed by atoms with E-state index in [2.05, 4.69) is 50.2 Å². The molecular weight excluding hydrogens is 417 g/mol. The molecular formula is C18H22IN3O2. The molecule has 1 fully saturated rings. The highest BCUT2D eigenvalue weighted by Crippen LogP contribution is 2.40. The predicted molar refractivity (Wildman–Crippen MR) is 101 cm³/mol. The van der Waals surface area contributed by atoms with Gasteiger partial charge in [-0.05, 0) is 66.0 Å². The van der Waals surface area contributed by atoms with Gasteiger partial charge in [0.2, 0.25) is 0 Å². The Kier molecular flexibility index (Phi) is 4.53. The first-order valence-electron chi connectivity index (χ1n) is 8.50. The number of ether oxygens (including phenoxy) is 1. The quantitative estimate of drug-likeness (QED) is 0.547. The number of nitrogens with zero attached hydrogens (tertiary/aromatic N) is 1. The number of nitrogens with one attached hydrogen (secondary N) is 2. The van der Waals surface area contributed by atoms with Crippen LogP contribution in [0.4, 0.5) is 0 Å². The lowest BCUT2D eigenvalue weighted by atomic mass is 9.93. The minimum atomic E-state index is -0.109. The van der Waals surface area contributed by atoms with E-state index in [0.29, 0.717) is 6.04 Å². The molecule has 1 aromatic heterocycles. The summed E-state index contributed by atoms with van der Waals surface area (Å²) < 4.78 is 6.75. The third-order valence-corrected chi connectivity index (χ3v) is 6.12. The van der Waals surface area contributed by atoms with E-state index < -0.39 is 0 Å². The van der Waals surface area contributed by atoms with Gasteiger partial charge in [0.05, 0.1) is 22.6 Å². The third kappa shape index (κ3) is 2.95. The highest BCUT2D eigenvalue weighted by Gasteiger charge is 2.26. The Labute approximate surface area is 155 Å². The second-order valence-corrected chi connectivity index (χ2v) is 7.83. The zero-order valence-electron chi connectivity index (χ0n) is 13.7. The van der Waals surface area contributed by atoms with Gasteiger partial charge in [0, 0.05) is 35.7 Å². The molecule has 1 heterocycles. The summed E-state index contributed by atoms with van der Waals surface area (Å²) in [6.45, 7) is 0.804. The third-order valence-electron chi connectivity index (χ3n) is 5.22. The number of fused-ring (bicyclic) bond motifs is 3. The summed E-state index contributed by atoms with van der Waals surface area (Å²) >= 11 is 2.31. The minimum Gasteiger partial charge on any atom is -0.496 e. The lowest BCUT2D eigenvalue weighted by molar-refractivity contribution is 0.116. The molecule has 0 radical (unpaired) electrons. The normalized spacial score (nSPS) is 22.3. The van der Waals surface area contributed by atoms with Gasteiger partial charge in [0.25, 0.3) is 0 Å². The minimum absolute atomic E-state index is 0.109. The molecule has 0 unspecified atom stereocenters. The van der Waals surface area contributed by atoms with Gasteiger partial charge in [0.15, 0.2) is 0 Å². The zero-order chi connectivity index (χ0) is 16.7. The first-order valence-corrected chi connectivity index (χ1v) is 9.58. The Bertz CT molecular complexity index is 751. The molecule has 0 saturated heterocycles. The molecule has 0 atom stereocenters. The van der Waals surface area contributed by atoms with Crippen molar-refractivity contribution in [3.63, 3.8) is 0 Å². The SMILES string of the molecule is COc1cc2c(cc1CNC1CCC(O)CC1)Cc1c-2n[nH]c1I. The Hall–Kier alpha value is -1.12. The van der Waals surface area contributed by atoms with Gasteiger partial charge in [-0.15, -0.1) is 0 Å². The molecule has 24 heavy (non-hydrogen) atoms. The van der Waals surface area contributed by atoms with Crippen LogP contribution in [0.2, 0.25) is 0 Å². The average Bonchev–Trinajstić information content (AvgIpc) is 3.13. The Balaban J connectivity index is 1.53. The molecule has 6 heteroatoms. The van der Waals surface area contributed by atoms with Crippen molar-refractivity contribution in [3.8, 4) is 17.0 Å². The van der Waals surface area contributed by atoms with Crippen LogP contribution in [0, 0.1) is 3.70 Å². The molecule has 4 rings (SSSR count). The van der Waals surface area contributed by atoms with Gasteiger partial charge in [0.1, 0.15) is 5.75 Å². The summed E-state index contributed by atoms with van der Waals surface area (Å²) in [5, 5.41) is 20.8. The number of aliphatic hydroxyl groups is 1. The van der Waals surface area contributed by atoms with Crippen molar-refractivity contribution in [2.45, 2.75) is 50.8 Å². The van der Waals surface area contributed by atoms with Crippen molar-refractivity contribution >= 4 is 22.6 Å². The van der Waals surface area contributed by atoms with E-state index in [-0.39, 0.29) is 6.10 Å². The molecule has 5 nitrogen and oxygen atoms in total. The van der Waals surface area contributed by atoms with Crippen molar-refractivity contribution in [1.82, 2.24) is 15.5 Å². The summed E-state index contributed by atoms with van der Waals surface area (Å²) in [6.07, 6.45) is 4.72. The summed E-state index contributed by atoms with van der Waals surface area (Å²) in [5.74, 6) is 0.919. The number of aliphatic hydroxyl groups excluding tert-OH is 1. The molecule has 3 N–H and O–H groups in total. The van der Waals surface area contributed by atoms with Crippen LogP contribution in [0.1, 0.15) is 42.4 Å². The standard InChI is InChI=1S/C18H22IN3O2/c1-24-16-8-14-10(7-15-17(14)21-22-18(15)19)6-11(16)9-20-12-2-4-13(23)5-3-12/h6,8,12-13,20,23H,2-5,7,9H2,1H3,(H,21,22). The number of methoxy groups -OCH3 is 1. The van der Waals surface area contributed by atoms with Crippen LogP contribution in [-0.4, -0.2) is 34.6 Å². The van der Waals surface area contributed by atoms with E-state index >= 15 is 0 Å². The van der Waals surface area contributed by atoms with Crippen LogP contribution in [0.5, 0.6) is 5.75 Å². The maximum absolute atomic E-state index is 9.63. The Morgan fingerprint density at radius 2 is 2.12 bits per heavy atom. The molecule has 128 valence electrons. The Morgan fingerprint density at radius 3 is 2.88 bits per heavy atom. The molecule has 2 aliphatic carbocycles. The average molecular weight is 439 g/mol. The summed E-state index contributed by atoms with van der Waals surface area (Å²) in [4.78, 5) is 0. The van der Waals surface area contributed by atoms with Crippen LogP contribution in [0.25, 0.3) is 11.3 Å². The van der Waals surface area contributed by atoms with Gasteiger partial charge >= 0.3 is 0 Å². The predicted octanol–water partition coefficient (Wildman–Crippen LogP) is 2.99. The molecule has 0 amide bonds. The molecule has 0 bridgehead atoms. The van der Waals surface area contributed by atoms with Gasteiger partial charge < -0.3 is 15.2 Å². The van der Waals surface area contributed by atoms with E-state index in [0.717, 1.165) is 53.8 Å². The van der Waals surface area contributed by atoms with Crippen LogP contribution >= 0.6 is 22.6 Å². The monoisotopic (exact) mass is 439 g/mol. The lowest BCUT2D eigenvalue weighted by Gasteiger charge is -2.26. The van der Waals surface area contributed by atoms with E-state index in [1.165, 1.54) is 22.3 Å². The van der Waals surface area contributed by atoms with Crippen molar-refractivity contribution in [2.24, 2.45) is 0 Å². The van der Waals surface area contributed by atoms with E-state index in [4.69, 9.17) is 4.74 Å². The topological polar surface area (TPSA) is 70.2 Å². The number of rotatable bonds is 4. The highest BCUT2D eigenvalue weighted by molar-refractivity contribution is 14.1. The van der Waals surface area contributed by atoms with Crippen LogP contribution < -0.4 is 10.1 Å². The smallest absolute Gasteiger partial charge is 0.124 e. The van der Waals surface area contributed by atoms with Crippen molar-refractivity contribution in [3.05, 3.63) is 32.5 Å². The van der Waals surface area contributed by atoms with Crippen LogP contribution in [-0.2, 0) is 13.0 Å². The maximum atomic E-state index is 9.63. The van der Waals surface area contributed by atoms with Gasteiger partial charge in [-0.25, -0.2) is 0 Å². The highest BCUT2D eigenvalue weighted by atomic mass is 127. The molecule has 2 aromatic rings. The van der Waals surface area contributed by atoms with Gasteiger partial charge in [-0.2, -0.15) is 5.10 Å². The number of benzene rings is 1. The molecule has 2 aliphatic rings. The summed E-state index contributed by atoms with van der Waals surface area (Å²) in [7, 11) is 1.73. The summed E-state index contributed by atoms with van der Waals surface area (Å²) in [6, 6.07) is 4.87. The number of hydrogen-bond acceptors (Lipinski definition) is 4. The van der Waals surface area contributed by atoms with Gasteiger partial charge in [-0.1, -0.05) is 0 Å². The first kappa shape index (κ1) is 16.4. The first-order chi connectivity index (χ1) is 11.7. The fourth-order valence-corrected chi connectivity index (χ4v) is 4.39. The lowest BCUT2D eigenvalue weighted by Crippen LogP contribution is -2.34. The zero-order valence-corrected chi connectivity index (χ0v) is 15.9. The van der Waals surface area contributed by atoms with E-state index in [1.54, 1.807) is 7.11 Å². The fourth-order valence-electron chi connectivity index (χ4n) is 3.82. The molecule has 0 aliphatic heterocycles. The number of aromatic amines is 1. The molecule has 1 saturated carbocycles. The van der Waals surface area contributed by atoms with Crippen molar-refractivity contribution in [1.29, 1.82) is 0 Å². The van der Waals surface area contributed by atoms with E-state index in [1.807, 2.05) is 0 Å². The summed E-state index contributed by atoms with van der Waals surface area (Å²) in [5.41, 5.74) is 6.07. The maximum Gasteiger partial charge on any atom is 0.124 e. The second kappa shape index (κ2) is 6.65. The Morgan fingerprint density at radius 1 is 1.33 bits per heavy atom.